The molecule has 1 unspecified atom stereocenters. The van der Waals surface area contributed by atoms with E-state index in [1.165, 1.54) is 6.42 Å². The molecule has 1 aliphatic rings. The number of ether oxygens (including phenoxy) is 1. The summed E-state index contributed by atoms with van der Waals surface area (Å²) in [6.07, 6.45) is 3.02. The van der Waals surface area contributed by atoms with Gasteiger partial charge in [-0.25, -0.2) is 4.98 Å². The lowest BCUT2D eigenvalue weighted by molar-refractivity contribution is 0.161. The highest BCUT2D eigenvalue weighted by atomic mass is 79.9. The molecule has 0 N–H and O–H groups in total. The van der Waals surface area contributed by atoms with Crippen molar-refractivity contribution in [3.63, 3.8) is 0 Å². The average Bonchev–Trinajstić information content (AvgIpc) is 2.67. The van der Waals surface area contributed by atoms with Crippen LogP contribution in [0.2, 0.25) is 0 Å². The topological polar surface area (TPSA) is 25.4 Å². The summed E-state index contributed by atoms with van der Waals surface area (Å²) in [7, 11) is 1.76. The van der Waals surface area contributed by atoms with E-state index in [0.717, 1.165) is 34.5 Å². The monoisotopic (exact) mass is 348 g/mol. The number of hydrogen-bond acceptors (Lipinski definition) is 3. The largest absolute Gasteiger partial charge is 0.384 e. The molecule has 1 aromatic heterocycles. The van der Waals surface area contributed by atoms with Crippen LogP contribution in [0.15, 0.2) is 21.2 Å². The van der Waals surface area contributed by atoms with Crippen LogP contribution in [0.25, 0.3) is 0 Å². The van der Waals surface area contributed by atoms with Crippen molar-refractivity contribution in [1.29, 1.82) is 0 Å². The van der Waals surface area contributed by atoms with Crippen molar-refractivity contribution >= 4 is 37.7 Å². The van der Waals surface area contributed by atoms with Gasteiger partial charge in [0.25, 0.3) is 0 Å². The zero-order valence-corrected chi connectivity index (χ0v) is 12.3. The molecule has 0 radical (unpaired) electrons. The van der Waals surface area contributed by atoms with E-state index in [9.17, 15) is 0 Å². The molecule has 0 spiro atoms. The van der Waals surface area contributed by atoms with Gasteiger partial charge in [0.1, 0.15) is 5.82 Å². The molecule has 0 saturated carbocycles. The van der Waals surface area contributed by atoms with Gasteiger partial charge >= 0.3 is 0 Å². The standard InChI is InChI=1S/C11H14Br2N2O/c1-16-7-8-2-3-15(6-8)11-10(13)4-9(12)5-14-11/h4-5,8H,2-3,6-7H2,1H3. The van der Waals surface area contributed by atoms with Gasteiger partial charge in [0.2, 0.25) is 0 Å². The predicted octanol–water partition coefficient (Wildman–Crippen LogP) is 3.08. The molecule has 1 saturated heterocycles. The van der Waals surface area contributed by atoms with Crippen LogP contribution >= 0.6 is 31.9 Å². The third-order valence-corrected chi connectivity index (χ3v) is 3.79. The van der Waals surface area contributed by atoms with Crippen LogP contribution in [0.4, 0.5) is 5.82 Å². The van der Waals surface area contributed by atoms with Crippen molar-refractivity contribution in [2.45, 2.75) is 6.42 Å². The molecule has 16 heavy (non-hydrogen) atoms. The number of methoxy groups -OCH3 is 1. The maximum absolute atomic E-state index is 5.19. The molecule has 0 bridgehead atoms. The third kappa shape index (κ3) is 2.76. The molecule has 88 valence electrons. The molecule has 2 heterocycles. The molecule has 5 heteroatoms. The molecule has 1 aromatic rings. The molecule has 0 aliphatic carbocycles. The van der Waals surface area contributed by atoms with Gasteiger partial charge in [-0.15, -0.1) is 0 Å². The second kappa shape index (κ2) is 5.47. The van der Waals surface area contributed by atoms with Gasteiger partial charge in [0, 0.05) is 36.8 Å². The highest BCUT2D eigenvalue weighted by molar-refractivity contribution is 9.11. The summed E-state index contributed by atoms with van der Waals surface area (Å²) in [4.78, 5) is 6.75. The lowest BCUT2D eigenvalue weighted by Crippen LogP contribution is -2.22. The van der Waals surface area contributed by atoms with E-state index in [1.807, 2.05) is 12.3 Å². The van der Waals surface area contributed by atoms with Crippen molar-refractivity contribution in [2.24, 2.45) is 5.92 Å². The van der Waals surface area contributed by atoms with Crippen LogP contribution in [0.3, 0.4) is 0 Å². The van der Waals surface area contributed by atoms with E-state index >= 15 is 0 Å². The Hall–Kier alpha value is -0.130. The number of aromatic nitrogens is 1. The maximum Gasteiger partial charge on any atom is 0.142 e. The van der Waals surface area contributed by atoms with E-state index in [0.29, 0.717) is 5.92 Å². The number of pyridine rings is 1. The van der Waals surface area contributed by atoms with Crippen molar-refractivity contribution in [3.8, 4) is 0 Å². The van der Waals surface area contributed by atoms with Gasteiger partial charge in [-0.05, 0) is 44.3 Å². The van der Waals surface area contributed by atoms with E-state index < -0.39 is 0 Å². The second-order valence-electron chi connectivity index (χ2n) is 4.02. The van der Waals surface area contributed by atoms with Crippen molar-refractivity contribution < 1.29 is 4.74 Å². The number of rotatable bonds is 3. The van der Waals surface area contributed by atoms with E-state index in [2.05, 4.69) is 41.7 Å². The summed E-state index contributed by atoms with van der Waals surface area (Å²) in [5.41, 5.74) is 0. The van der Waals surface area contributed by atoms with Gasteiger partial charge in [0.15, 0.2) is 0 Å². The minimum atomic E-state index is 0.627. The highest BCUT2D eigenvalue weighted by Crippen LogP contribution is 2.30. The summed E-state index contributed by atoms with van der Waals surface area (Å²) < 4.78 is 7.23. The predicted molar refractivity (Wildman–Crippen MR) is 71.8 cm³/mol. The summed E-state index contributed by atoms with van der Waals surface area (Å²) in [6.45, 7) is 2.92. The van der Waals surface area contributed by atoms with Gasteiger partial charge in [-0.1, -0.05) is 0 Å². The zero-order chi connectivity index (χ0) is 11.5. The summed E-state index contributed by atoms with van der Waals surface area (Å²) in [6, 6.07) is 2.03. The quantitative estimate of drug-likeness (QED) is 0.838. The van der Waals surface area contributed by atoms with Gasteiger partial charge in [-0.3, -0.25) is 0 Å². The average molecular weight is 350 g/mol. The smallest absolute Gasteiger partial charge is 0.142 e. The Balaban J connectivity index is 2.08. The molecule has 2 rings (SSSR count). The first-order valence-electron chi connectivity index (χ1n) is 5.25. The van der Waals surface area contributed by atoms with E-state index in [1.54, 1.807) is 7.11 Å². The van der Waals surface area contributed by atoms with Gasteiger partial charge in [-0.2, -0.15) is 0 Å². The molecular formula is C11H14Br2N2O. The Morgan fingerprint density at radius 3 is 3.06 bits per heavy atom. The van der Waals surface area contributed by atoms with Crippen molar-refractivity contribution in [1.82, 2.24) is 4.98 Å². The lowest BCUT2D eigenvalue weighted by atomic mass is 10.1. The number of hydrogen-bond donors (Lipinski definition) is 0. The van der Waals surface area contributed by atoms with Gasteiger partial charge < -0.3 is 9.64 Å². The molecule has 1 fully saturated rings. The number of nitrogens with zero attached hydrogens (tertiary/aromatic N) is 2. The normalized spacial score (nSPS) is 20.4. The summed E-state index contributed by atoms with van der Waals surface area (Å²) in [5, 5.41) is 0. The summed E-state index contributed by atoms with van der Waals surface area (Å²) >= 11 is 6.96. The molecule has 1 aliphatic heterocycles. The minimum Gasteiger partial charge on any atom is -0.384 e. The van der Waals surface area contributed by atoms with Crippen molar-refractivity contribution in [2.75, 3.05) is 31.7 Å². The Morgan fingerprint density at radius 2 is 2.38 bits per heavy atom. The third-order valence-electron chi connectivity index (χ3n) is 2.78. The SMILES string of the molecule is COCC1CCN(c2ncc(Br)cc2Br)C1. The van der Waals surface area contributed by atoms with Crippen LogP contribution in [0.5, 0.6) is 0 Å². The van der Waals surface area contributed by atoms with Crippen molar-refractivity contribution in [3.05, 3.63) is 21.2 Å². The first kappa shape index (κ1) is 12.3. The lowest BCUT2D eigenvalue weighted by Gasteiger charge is -2.18. The van der Waals surface area contributed by atoms with Crippen LogP contribution < -0.4 is 4.90 Å². The zero-order valence-electron chi connectivity index (χ0n) is 9.12. The summed E-state index contributed by atoms with van der Waals surface area (Å²) in [5.74, 6) is 1.66. The second-order valence-corrected chi connectivity index (χ2v) is 5.79. The Morgan fingerprint density at radius 1 is 1.56 bits per heavy atom. The molecular weight excluding hydrogens is 336 g/mol. The minimum absolute atomic E-state index is 0.627. The van der Waals surface area contributed by atoms with E-state index in [-0.39, 0.29) is 0 Å². The van der Waals surface area contributed by atoms with Crippen LogP contribution in [-0.4, -0.2) is 31.8 Å². The fraction of sp³-hybridized carbons (Fsp3) is 0.545. The Labute approximate surface area is 112 Å². The van der Waals surface area contributed by atoms with E-state index in [4.69, 9.17) is 4.74 Å². The fourth-order valence-corrected chi connectivity index (χ4v) is 3.28. The van der Waals surface area contributed by atoms with Gasteiger partial charge in [0.05, 0.1) is 11.1 Å². The Kier molecular flexibility index (Phi) is 4.21. The van der Waals surface area contributed by atoms with Crippen LogP contribution in [0, 0.1) is 5.92 Å². The first-order chi connectivity index (χ1) is 7.70. The van der Waals surface area contributed by atoms with Crippen LogP contribution in [0.1, 0.15) is 6.42 Å². The first-order valence-corrected chi connectivity index (χ1v) is 6.84. The molecule has 0 amide bonds. The molecule has 1 atom stereocenters. The number of halogens is 2. The molecule has 0 aromatic carbocycles. The maximum atomic E-state index is 5.19. The van der Waals surface area contributed by atoms with Crippen LogP contribution in [-0.2, 0) is 4.74 Å². The Bertz CT molecular complexity index is 373. The fourth-order valence-electron chi connectivity index (χ4n) is 2.04. The molecule has 3 nitrogen and oxygen atoms in total. The highest BCUT2D eigenvalue weighted by Gasteiger charge is 2.24. The number of anilines is 1.